The molecule has 2 N–H and O–H groups in total. The molecule has 0 aromatic heterocycles. The van der Waals surface area contributed by atoms with E-state index in [1.165, 1.54) is 6.92 Å². The molecule has 1 amide bonds. The minimum atomic E-state index is -2.16. The molecule has 0 aliphatic carbocycles. The minimum absolute atomic E-state index is 0.0569. The number of alkyl carbamates (subject to hydrolysis) is 1. The molecule has 0 radical (unpaired) electrons. The molecule has 0 saturated carbocycles. The normalized spacial score (nSPS) is 23.5. The monoisotopic (exact) mass is 581 g/mol. The molecule has 228 valence electrons. The summed E-state index contributed by atoms with van der Waals surface area (Å²) in [5.74, 6) is -5.14. The van der Waals surface area contributed by atoms with Crippen molar-refractivity contribution in [2.45, 2.75) is 96.6 Å². The number of ether oxygens (including phenoxy) is 6. The first-order valence-electron chi connectivity index (χ1n) is 13.4. The predicted molar refractivity (Wildman–Crippen MR) is 141 cm³/mol. The van der Waals surface area contributed by atoms with Gasteiger partial charge in [0.1, 0.15) is 19.3 Å². The van der Waals surface area contributed by atoms with Gasteiger partial charge in [0.25, 0.3) is 0 Å². The number of carbonyl (C=O) groups is 5. The van der Waals surface area contributed by atoms with Gasteiger partial charge in [-0.3, -0.25) is 19.2 Å². The van der Waals surface area contributed by atoms with Crippen LogP contribution in [0.1, 0.15) is 65.4 Å². The van der Waals surface area contributed by atoms with E-state index in [-0.39, 0.29) is 13.0 Å². The summed E-state index contributed by atoms with van der Waals surface area (Å²) >= 11 is 0. The lowest BCUT2D eigenvalue weighted by Crippen LogP contribution is -2.68. The molecule has 5 atom stereocenters. The highest BCUT2D eigenvalue weighted by Crippen LogP contribution is 2.37. The number of rotatable bonds is 14. The van der Waals surface area contributed by atoms with Crippen LogP contribution in [0.4, 0.5) is 4.79 Å². The first-order valence-corrected chi connectivity index (χ1v) is 13.4. The summed E-state index contributed by atoms with van der Waals surface area (Å²) in [7, 11) is 0. The fourth-order valence-electron chi connectivity index (χ4n) is 4.38. The number of benzene rings is 1. The predicted octanol–water partition coefficient (Wildman–Crippen LogP) is 2.31. The fourth-order valence-corrected chi connectivity index (χ4v) is 4.38. The lowest BCUT2D eigenvalue weighted by Gasteiger charge is -2.48. The van der Waals surface area contributed by atoms with Crippen LogP contribution in [-0.4, -0.2) is 78.4 Å². The Labute approximate surface area is 238 Å². The van der Waals surface area contributed by atoms with Crippen LogP contribution < -0.4 is 5.32 Å². The molecule has 13 heteroatoms. The molecule has 41 heavy (non-hydrogen) atoms. The Kier molecular flexibility index (Phi) is 13.5. The van der Waals surface area contributed by atoms with E-state index >= 15 is 0 Å². The second kappa shape index (κ2) is 16.5. The highest BCUT2D eigenvalue weighted by molar-refractivity contribution is 5.69. The van der Waals surface area contributed by atoms with Gasteiger partial charge in [0.15, 0.2) is 18.3 Å². The maximum Gasteiger partial charge on any atom is 0.407 e. The number of nitrogens with one attached hydrogen (secondary N) is 1. The SMILES string of the molecule is CC(=O)OC[C@H]1O[C@](O)(CCCCCCNC(=O)OCc2ccccc2)[C@H](OC(C)=O)[C@@H](OC(C)=O)[C@@H]1OC(C)=O. The van der Waals surface area contributed by atoms with Crippen molar-refractivity contribution in [3.05, 3.63) is 35.9 Å². The molecule has 13 nitrogen and oxygen atoms in total. The van der Waals surface area contributed by atoms with Gasteiger partial charge in [0.05, 0.1) is 0 Å². The molecule has 1 saturated heterocycles. The summed E-state index contributed by atoms with van der Waals surface area (Å²) in [6, 6.07) is 9.29. The van der Waals surface area contributed by atoms with Gasteiger partial charge in [-0.05, 0) is 18.4 Å². The van der Waals surface area contributed by atoms with Crippen molar-refractivity contribution in [2.75, 3.05) is 13.2 Å². The summed E-state index contributed by atoms with van der Waals surface area (Å²) < 4.78 is 32.0. The minimum Gasteiger partial charge on any atom is -0.463 e. The van der Waals surface area contributed by atoms with Crippen molar-refractivity contribution in [1.82, 2.24) is 5.32 Å². The van der Waals surface area contributed by atoms with Gasteiger partial charge in [-0.2, -0.15) is 0 Å². The van der Waals surface area contributed by atoms with Crippen molar-refractivity contribution in [1.29, 1.82) is 0 Å². The van der Waals surface area contributed by atoms with Crippen molar-refractivity contribution in [3.63, 3.8) is 0 Å². The highest BCUT2D eigenvalue weighted by atomic mass is 16.7. The average Bonchev–Trinajstić information content (AvgIpc) is 2.89. The number of hydrogen-bond acceptors (Lipinski definition) is 12. The Balaban J connectivity index is 1.98. The molecule has 1 aliphatic rings. The van der Waals surface area contributed by atoms with E-state index in [1.54, 1.807) is 0 Å². The number of carbonyl (C=O) groups excluding carboxylic acids is 5. The number of amides is 1. The third kappa shape index (κ3) is 11.7. The van der Waals surface area contributed by atoms with Gasteiger partial charge < -0.3 is 38.8 Å². The van der Waals surface area contributed by atoms with Crippen molar-refractivity contribution in [3.8, 4) is 0 Å². The first-order chi connectivity index (χ1) is 19.4. The number of unbranched alkanes of at least 4 members (excludes halogenated alkanes) is 3. The van der Waals surface area contributed by atoms with Gasteiger partial charge in [-0.25, -0.2) is 4.79 Å². The summed E-state index contributed by atoms with van der Waals surface area (Å²) in [6.45, 7) is 4.62. The van der Waals surface area contributed by atoms with Crippen LogP contribution in [-0.2, 0) is 54.2 Å². The van der Waals surface area contributed by atoms with E-state index in [2.05, 4.69) is 5.32 Å². The van der Waals surface area contributed by atoms with E-state index in [0.717, 1.165) is 26.3 Å². The zero-order valence-electron chi connectivity index (χ0n) is 23.8. The average molecular weight is 582 g/mol. The Hall–Kier alpha value is -3.71. The first kappa shape index (κ1) is 33.5. The van der Waals surface area contributed by atoms with Crippen molar-refractivity contribution < 1.29 is 57.5 Å². The van der Waals surface area contributed by atoms with E-state index in [0.29, 0.717) is 32.2 Å². The molecule has 0 unspecified atom stereocenters. The van der Waals surface area contributed by atoms with E-state index in [9.17, 15) is 29.1 Å². The number of esters is 4. The standard InChI is InChI=1S/C28H39NO12/c1-18(30)36-17-23-24(38-19(2)31)25(39-20(3)32)26(40-21(4)33)28(35,41-23)14-10-5-6-11-15-29-27(34)37-16-22-12-8-7-9-13-22/h7-9,12-13,23-26,35H,5-6,10-11,14-17H2,1-4H3,(H,29,34)/t23-,24-,25+,26-,28-/m1/s1. The molecule has 1 heterocycles. The van der Waals surface area contributed by atoms with Crippen LogP contribution >= 0.6 is 0 Å². The maximum atomic E-state index is 11.9. The lowest BCUT2D eigenvalue weighted by atomic mass is 9.88. The molecular formula is C28H39NO12. The number of hydrogen-bond donors (Lipinski definition) is 2. The van der Waals surface area contributed by atoms with Gasteiger partial charge in [0, 0.05) is 40.7 Å². The van der Waals surface area contributed by atoms with Crippen LogP contribution in [0.2, 0.25) is 0 Å². The van der Waals surface area contributed by atoms with E-state index in [4.69, 9.17) is 28.4 Å². The Bertz CT molecular complexity index is 1030. The molecule has 1 aromatic carbocycles. The molecular weight excluding hydrogens is 542 g/mol. The topological polar surface area (TPSA) is 173 Å². The second-order valence-corrected chi connectivity index (χ2v) is 9.63. The lowest BCUT2D eigenvalue weighted by molar-refractivity contribution is -0.354. The van der Waals surface area contributed by atoms with Crippen LogP contribution in [0.5, 0.6) is 0 Å². The molecule has 0 bridgehead atoms. The van der Waals surface area contributed by atoms with E-state index < -0.39 is 66.8 Å². The Morgan fingerprint density at radius 2 is 1.41 bits per heavy atom. The molecule has 1 aliphatic heterocycles. The van der Waals surface area contributed by atoms with Crippen molar-refractivity contribution in [2.24, 2.45) is 0 Å². The third-order valence-electron chi connectivity index (χ3n) is 6.08. The van der Waals surface area contributed by atoms with E-state index in [1.807, 2.05) is 30.3 Å². The summed E-state index contributed by atoms with van der Waals surface area (Å²) in [5, 5.41) is 14.2. The second-order valence-electron chi connectivity index (χ2n) is 9.63. The highest BCUT2D eigenvalue weighted by Gasteiger charge is 2.59. The van der Waals surface area contributed by atoms with Crippen LogP contribution in [0.3, 0.4) is 0 Å². The smallest absolute Gasteiger partial charge is 0.407 e. The molecule has 2 rings (SSSR count). The maximum absolute atomic E-state index is 11.9. The summed E-state index contributed by atoms with van der Waals surface area (Å²) in [4.78, 5) is 59.0. The van der Waals surface area contributed by atoms with Gasteiger partial charge in [-0.15, -0.1) is 0 Å². The fraction of sp³-hybridized carbons (Fsp3) is 0.607. The summed E-state index contributed by atoms with van der Waals surface area (Å²) in [5.41, 5.74) is 0.878. The van der Waals surface area contributed by atoms with Crippen molar-refractivity contribution >= 4 is 30.0 Å². The Morgan fingerprint density at radius 1 is 0.805 bits per heavy atom. The Morgan fingerprint density at radius 3 is 2.02 bits per heavy atom. The van der Waals surface area contributed by atoms with Gasteiger partial charge >= 0.3 is 30.0 Å². The molecule has 0 spiro atoms. The summed E-state index contributed by atoms with van der Waals surface area (Å²) in [6.07, 6.45) is -3.84. The third-order valence-corrected chi connectivity index (χ3v) is 6.08. The van der Waals surface area contributed by atoms with Gasteiger partial charge in [-0.1, -0.05) is 43.2 Å². The van der Waals surface area contributed by atoms with Crippen LogP contribution in [0.25, 0.3) is 0 Å². The molecule has 1 fully saturated rings. The zero-order valence-corrected chi connectivity index (χ0v) is 23.8. The largest absolute Gasteiger partial charge is 0.463 e. The van der Waals surface area contributed by atoms with Crippen LogP contribution in [0, 0.1) is 0 Å². The molecule has 1 aromatic rings. The van der Waals surface area contributed by atoms with Crippen LogP contribution in [0.15, 0.2) is 30.3 Å². The number of aliphatic hydroxyl groups is 1. The quantitative estimate of drug-likeness (QED) is 0.187. The van der Waals surface area contributed by atoms with Gasteiger partial charge in [0.2, 0.25) is 5.79 Å². The zero-order chi connectivity index (χ0) is 30.4.